The number of amides is 1. The van der Waals surface area contributed by atoms with E-state index in [0.29, 0.717) is 6.61 Å². The van der Waals surface area contributed by atoms with Gasteiger partial charge in [0, 0.05) is 0 Å². The van der Waals surface area contributed by atoms with Gasteiger partial charge in [-0.2, -0.15) is 0 Å². The number of ether oxygens (including phenoxy) is 4. The average molecular weight is 364 g/mol. The second-order valence-corrected chi connectivity index (χ2v) is 7.23. The normalized spacial score (nSPS) is 35.7. The molecule has 1 aromatic carbocycles. The Hall–Kier alpha value is -1.58. The number of thiocarbonyl (C=S) groups is 1. The largest absolute Gasteiger partial charge is 0.374 e. The molecule has 0 saturated carbocycles. The van der Waals surface area contributed by atoms with E-state index in [0.717, 1.165) is 5.56 Å². The van der Waals surface area contributed by atoms with Crippen molar-refractivity contribution in [2.75, 3.05) is 6.61 Å². The van der Waals surface area contributed by atoms with Crippen molar-refractivity contribution in [1.82, 2.24) is 10.6 Å². The Morgan fingerprint density at radius 3 is 2.64 bits per heavy atom. The van der Waals surface area contributed by atoms with Crippen LogP contribution in [0.2, 0.25) is 0 Å². The van der Waals surface area contributed by atoms with Crippen LogP contribution in [0.1, 0.15) is 19.4 Å². The highest BCUT2D eigenvalue weighted by Gasteiger charge is 2.68. The number of nitrogens with one attached hydrogen (secondary N) is 2. The first-order valence-electron chi connectivity index (χ1n) is 8.18. The Kier molecular flexibility index (Phi) is 4.04. The molecular formula is C17H20N2O5S. The second kappa shape index (κ2) is 6.00. The molecule has 0 radical (unpaired) electrons. The molecule has 25 heavy (non-hydrogen) atoms. The fraction of sp³-hybridized carbons (Fsp3) is 0.529. The van der Waals surface area contributed by atoms with Crippen molar-refractivity contribution in [2.45, 2.75) is 50.3 Å². The SMILES string of the molecule is CC1(C)O[C@H]2[C@@H](O1)[C@@]1(NC(=S)NC1=O)O[C@@H]2COCc1ccccc1. The first-order valence-corrected chi connectivity index (χ1v) is 8.59. The first-order chi connectivity index (χ1) is 11.9. The Labute approximate surface area is 151 Å². The molecule has 1 aromatic rings. The van der Waals surface area contributed by atoms with Gasteiger partial charge in [0.15, 0.2) is 10.9 Å². The Morgan fingerprint density at radius 1 is 1.20 bits per heavy atom. The zero-order valence-electron chi connectivity index (χ0n) is 14.0. The minimum Gasteiger partial charge on any atom is -0.374 e. The number of rotatable bonds is 4. The Balaban J connectivity index is 1.49. The molecule has 0 aromatic heterocycles. The molecule has 0 unspecified atom stereocenters. The summed E-state index contributed by atoms with van der Waals surface area (Å²) in [6.07, 6.45) is -1.48. The van der Waals surface area contributed by atoms with E-state index in [-0.39, 0.29) is 17.6 Å². The minimum absolute atomic E-state index is 0.225. The zero-order valence-corrected chi connectivity index (χ0v) is 14.8. The molecule has 3 heterocycles. The molecule has 0 bridgehead atoms. The molecule has 4 atom stereocenters. The van der Waals surface area contributed by atoms with Crippen LogP contribution in [0, 0.1) is 0 Å². The lowest BCUT2D eigenvalue weighted by Crippen LogP contribution is -2.56. The molecule has 3 fully saturated rings. The maximum absolute atomic E-state index is 12.4. The van der Waals surface area contributed by atoms with Crippen LogP contribution in [0.3, 0.4) is 0 Å². The number of carbonyl (C=O) groups excluding carboxylic acids is 1. The zero-order chi connectivity index (χ0) is 17.7. The molecule has 134 valence electrons. The van der Waals surface area contributed by atoms with Crippen molar-refractivity contribution in [3.63, 3.8) is 0 Å². The highest BCUT2D eigenvalue weighted by molar-refractivity contribution is 7.80. The van der Waals surface area contributed by atoms with Gasteiger partial charge >= 0.3 is 0 Å². The van der Waals surface area contributed by atoms with Crippen LogP contribution in [0.5, 0.6) is 0 Å². The maximum atomic E-state index is 12.4. The van der Waals surface area contributed by atoms with Gasteiger partial charge < -0.3 is 24.3 Å². The molecule has 1 amide bonds. The molecule has 3 aliphatic heterocycles. The van der Waals surface area contributed by atoms with Crippen LogP contribution < -0.4 is 10.6 Å². The van der Waals surface area contributed by atoms with E-state index >= 15 is 0 Å². The van der Waals surface area contributed by atoms with Gasteiger partial charge in [-0.1, -0.05) is 30.3 Å². The van der Waals surface area contributed by atoms with Crippen LogP contribution in [0.4, 0.5) is 0 Å². The highest BCUT2D eigenvalue weighted by atomic mass is 32.1. The molecule has 0 aliphatic carbocycles. The fourth-order valence-corrected chi connectivity index (χ4v) is 3.72. The van der Waals surface area contributed by atoms with E-state index in [1.807, 2.05) is 44.2 Å². The maximum Gasteiger partial charge on any atom is 0.282 e. The van der Waals surface area contributed by atoms with E-state index in [9.17, 15) is 4.79 Å². The van der Waals surface area contributed by atoms with Gasteiger partial charge in [-0.25, -0.2) is 0 Å². The van der Waals surface area contributed by atoms with Gasteiger partial charge in [0.1, 0.15) is 18.3 Å². The number of carbonyl (C=O) groups is 1. The molecule has 2 N–H and O–H groups in total. The topological polar surface area (TPSA) is 78.1 Å². The lowest BCUT2D eigenvalue weighted by atomic mass is 10.0. The van der Waals surface area contributed by atoms with Crippen molar-refractivity contribution < 1.29 is 23.7 Å². The number of hydrogen-bond acceptors (Lipinski definition) is 6. The average Bonchev–Trinajstić information content (AvgIpc) is 3.12. The summed E-state index contributed by atoms with van der Waals surface area (Å²) in [6.45, 7) is 4.35. The fourth-order valence-electron chi connectivity index (χ4n) is 3.48. The summed E-state index contributed by atoms with van der Waals surface area (Å²) in [7, 11) is 0. The summed E-state index contributed by atoms with van der Waals surface area (Å²) in [6, 6.07) is 9.85. The molecule has 3 saturated heterocycles. The third kappa shape index (κ3) is 2.94. The van der Waals surface area contributed by atoms with Gasteiger partial charge in [-0.05, 0) is 31.6 Å². The minimum atomic E-state index is -1.36. The molecule has 4 rings (SSSR count). The predicted molar refractivity (Wildman–Crippen MR) is 91.4 cm³/mol. The Bertz CT molecular complexity index is 698. The Morgan fingerprint density at radius 2 is 1.96 bits per heavy atom. The van der Waals surface area contributed by atoms with Crippen LogP contribution in [-0.4, -0.2) is 47.5 Å². The lowest BCUT2D eigenvalue weighted by molar-refractivity contribution is -0.214. The molecular weight excluding hydrogens is 344 g/mol. The van der Waals surface area contributed by atoms with Gasteiger partial charge in [-0.15, -0.1) is 0 Å². The quantitative estimate of drug-likeness (QED) is 0.766. The van der Waals surface area contributed by atoms with Crippen LogP contribution in [-0.2, 0) is 30.3 Å². The molecule has 8 heteroatoms. The van der Waals surface area contributed by atoms with Crippen LogP contribution in [0.25, 0.3) is 0 Å². The summed E-state index contributed by atoms with van der Waals surface area (Å²) in [4.78, 5) is 12.4. The van der Waals surface area contributed by atoms with E-state index < -0.39 is 29.8 Å². The van der Waals surface area contributed by atoms with Crippen molar-refractivity contribution in [1.29, 1.82) is 0 Å². The molecule has 7 nitrogen and oxygen atoms in total. The van der Waals surface area contributed by atoms with Crippen molar-refractivity contribution in [3.05, 3.63) is 35.9 Å². The van der Waals surface area contributed by atoms with Crippen molar-refractivity contribution in [3.8, 4) is 0 Å². The van der Waals surface area contributed by atoms with Crippen LogP contribution >= 0.6 is 12.2 Å². The second-order valence-electron chi connectivity index (χ2n) is 6.82. The lowest BCUT2D eigenvalue weighted by Gasteiger charge is -2.28. The van der Waals surface area contributed by atoms with Crippen molar-refractivity contribution >= 4 is 23.2 Å². The van der Waals surface area contributed by atoms with E-state index in [1.54, 1.807) is 0 Å². The van der Waals surface area contributed by atoms with Crippen molar-refractivity contribution in [2.24, 2.45) is 0 Å². The summed E-state index contributed by atoms with van der Waals surface area (Å²) >= 11 is 5.06. The highest BCUT2D eigenvalue weighted by Crippen LogP contribution is 2.44. The summed E-state index contributed by atoms with van der Waals surface area (Å²) in [5.41, 5.74) is -0.301. The summed E-state index contributed by atoms with van der Waals surface area (Å²) < 4.78 is 23.7. The van der Waals surface area contributed by atoms with Gasteiger partial charge in [-0.3, -0.25) is 10.1 Å². The first kappa shape index (κ1) is 16.9. The third-order valence-electron chi connectivity index (χ3n) is 4.49. The monoisotopic (exact) mass is 364 g/mol. The summed E-state index contributed by atoms with van der Waals surface area (Å²) in [5, 5.41) is 5.71. The summed E-state index contributed by atoms with van der Waals surface area (Å²) in [5.74, 6) is -1.17. The van der Waals surface area contributed by atoms with E-state index in [4.69, 9.17) is 31.2 Å². The number of benzene rings is 1. The number of hydrogen-bond donors (Lipinski definition) is 2. The van der Waals surface area contributed by atoms with E-state index in [1.165, 1.54) is 0 Å². The smallest absolute Gasteiger partial charge is 0.282 e. The predicted octanol–water partition coefficient (Wildman–Crippen LogP) is 0.823. The van der Waals surface area contributed by atoms with Gasteiger partial charge in [0.25, 0.3) is 11.6 Å². The number of fused-ring (bicyclic) bond motifs is 2. The third-order valence-corrected chi connectivity index (χ3v) is 4.69. The van der Waals surface area contributed by atoms with Gasteiger partial charge in [0.05, 0.1) is 13.2 Å². The molecule has 1 spiro atoms. The standard InChI is InChI=1S/C17H20N2O5S/c1-16(2)23-12-11(9-21-8-10-6-4-3-5-7-10)22-17(13(12)24-16)14(20)18-15(25)19-17/h3-7,11-13H,8-9H2,1-2H3,(H2,18,19,20,25)/t11-,12-,13-,17-/m1/s1. The molecule has 3 aliphatic rings. The van der Waals surface area contributed by atoms with Gasteiger partial charge in [0.2, 0.25) is 0 Å². The van der Waals surface area contributed by atoms with Crippen LogP contribution in [0.15, 0.2) is 30.3 Å². The van der Waals surface area contributed by atoms with E-state index in [2.05, 4.69) is 10.6 Å².